The van der Waals surface area contributed by atoms with E-state index in [1.807, 2.05) is 20.8 Å². The van der Waals surface area contributed by atoms with Crippen LogP contribution in [0.1, 0.15) is 57.1 Å². The number of nitrogens with zero attached hydrogens (tertiary/aromatic N) is 1. The molecule has 4 atom stereocenters. The lowest BCUT2D eigenvalue weighted by Crippen LogP contribution is -2.45. The summed E-state index contributed by atoms with van der Waals surface area (Å²) in [5.41, 5.74) is -2.05. The monoisotopic (exact) mass is 608 g/mol. The Morgan fingerprint density at radius 2 is 1.68 bits per heavy atom. The lowest BCUT2D eigenvalue weighted by atomic mass is 9.62. The first kappa shape index (κ1) is 33.3. The van der Waals surface area contributed by atoms with Crippen molar-refractivity contribution in [2.75, 3.05) is 0 Å². The molecule has 3 rings (SSSR count). The summed E-state index contributed by atoms with van der Waals surface area (Å²) in [6, 6.07) is 8.31. The first-order valence-electron chi connectivity index (χ1n) is 12.1. The Labute approximate surface area is 237 Å². The maximum absolute atomic E-state index is 15.4. The number of nitriles is 1. The average Bonchev–Trinajstić information content (AvgIpc) is 3.19. The molecule has 6 nitrogen and oxygen atoms in total. The van der Waals surface area contributed by atoms with Crippen molar-refractivity contribution >= 4 is 35.1 Å². The average molecular weight is 609 g/mol. The highest BCUT2D eigenvalue weighted by atomic mass is 35.5. The molecule has 218 valence electrons. The molecule has 2 aromatic rings. The molecule has 0 amide bonds. The van der Waals surface area contributed by atoms with Crippen molar-refractivity contribution in [2.24, 2.45) is 5.41 Å². The van der Waals surface area contributed by atoms with E-state index in [0.717, 1.165) is 18.9 Å². The van der Waals surface area contributed by atoms with E-state index in [2.05, 4.69) is 11.4 Å². The van der Waals surface area contributed by atoms with Gasteiger partial charge in [-0.25, -0.2) is 13.6 Å². The van der Waals surface area contributed by atoms with Crippen molar-refractivity contribution in [1.82, 2.24) is 5.32 Å². The van der Waals surface area contributed by atoms with E-state index in [1.54, 1.807) is 0 Å². The van der Waals surface area contributed by atoms with Gasteiger partial charge in [0.15, 0.2) is 0 Å². The van der Waals surface area contributed by atoms with Gasteiger partial charge in [-0.05, 0) is 35.6 Å². The Balaban J connectivity index is 0.000000708. The zero-order chi connectivity index (χ0) is 30.6. The fourth-order valence-electron chi connectivity index (χ4n) is 4.96. The third-order valence-electron chi connectivity index (χ3n) is 7.55. The van der Waals surface area contributed by atoms with E-state index in [0.29, 0.717) is 6.42 Å². The summed E-state index contributed by atoms with van der Waals surface area (Å²) in [6.45, 7) is 6.06. The molecule has 40 heavy (non-hydrogen) atoms. The van der Waals surface area contributed by atoms with Gasteiger partial charge in [0.05, 0.1) is 11.1 Å². The molecule has 4 unspecified atom stereocenters. The van der Waals surface area contributed by atoms with Gasteiger partial charge in [-0.3, -0.25) is 10.1 Å². The molecule has 0 bridgehead atoms. The first-order chi connectivity index (χ1) is 18.5. The van der Waals surface area contributed by atoms with Crippen LogP contribution in [0.3, 0.4) is 0 Å². The van der Waals surface area contributed by atoms with Crippen molar-refractivity contribution in [1.29, 1.82) is 5.26 Å². The first-order valence-corrected chi connectivity index (χ1v) is 12.8. The van der Waals surface area contributed by atoms with Crippen LogP contribution in [0, 0.1) is 28.4 Å². The minimum absolute atomic E-state index is 0.0189. The number of carboxylic acids is 2. The highest BCUT2D eigenvalue weighted by Gasteiger charge is 2.61. The number of rotatable bonds is 7. The van der Waals surface area contributed by atoms with Gasteiger partial charge in [-0.1, -0.05) is 75.0 Å². The Bertz CT molecular complexity index is 1300. The fourth-order valence-corrected chi connectivity index (χ4v) is 5.30. The molecule has 0 aliphatic carbocycles. The molecule has 2 aromatic carbocycles. The van der Waals surface area contributed by atoms with Crippen LogP contribution in [-0.4, -0.2) is 40.4 Å². The van der Waals surface area contributed by atoms with Crippen LogP contribution in [0.4, 0.5) is 22.0 Å². The Kier molecular flexibility index (Phi) is 10.6. The number of hydrogen-bond acceptors (Lipinski definition) is 4. The zero-order valence-electron chi connectivity index (χ0n) is 21.6. The Hall–Kier alpha value is -2.94. The van der Waals surface area contributed by atoms with Gasteiger partial charge < -0.3 is 10.2 Å². The third kappa shape index (κ3) is 6.67. The molecule has 1 fully saturated rings. The highest BCUT2D eigenvalue weighted by Crippen LogP contribution is 2.53. The van der Waals surface area contributed by atoms with Crippen LogP contribution in [0.25, 0.3) is 0 Å². The number of nitrogens with one attached hydrogen (secondary N) is 1. The molecule has 1 saturated heterocycles. The van der Waals surface area contributed by atoms with Gasteiger partial charge >= 0.3 is 18.1 Å². The fraction of sp³-hybridized carbons (Fsp3) is 0.444. The SMILES string of the molecule is CCC(C)(CC)CC1NC(C(=O)O)C(c2cccc(Cl)c2F)C1(C#N)c1ccc(Cl)cc1F.O=C(O)C(F)(F)F. The van der Waals surface area contributed by atoms with Crippen molar-refractivity contribution in [3.8, 4) is 6.07 Å². The van der Waals surface area contributed by atoms with Gasteiger partial charge in [0, 0.05) is 22.5 Å². The maximum Gasteiger partial charge on any atom is 0.490 e. The molecule has 13 heteroatoms. The zero-order valence-corrected chi connectivity index (χ0v) is 23.1. The minimum Gasteiger partial charge on any atom is -0.480 e. The smallest absolute Gasteiger partial charge is 0.480 e. The number of benzene rings is 2. The van der Waals surface area contributed by atoms with E-state index in [4.69, 9.17) is 33.1 Å². The lowest BCUT2D eigenvalue weighted by molar-refractivity contribution is -0.192. The van der Waals surface area contributed by atoms with E-state index >= 15 is 8.78 Å². The van der Waals surface area contributed by atoms with Crippen LogP contribution in [0.15, 0.2) is 36.4 Å². The standard InChI is InChI=1S/C25H26Cl2F2N2O2.C2HF3O2/c1-4-24(3,5-2)12-19-25(13-30,16-10-9-14(26)11-18(16)28)20(22(31-19)23(32)33)15-7-6-8-17(27)21(15)29;3-2(4,5)1(6)7/h6-11,19-20,22,31H,4-5,12H2,1-3H3,(H,32,33);(H,6,7). The molecule has 1 heterocycles. The van der Waals surface area contributed by atoms with Crippen molar-refractivity contribution < 1.29 is 41.8 Å². The predicted octanol–water partition coefficient (Wildman–Crippen LogP) is 7.09. The summed E-state index contributed by atoms with van der Waals surface area (Å²) in [5.74, 6) is -6.82. The van der Waals surface area contributed by atoms with Crippen LogP contribution >= 0.6 is 23.2 Å². The summed E-state index contributed by atoms with van der Waals surface area (Å²) < 4.78 is 62.4. The van der Waals surface area contributed by atoms with Gasteiger partial charge in [-0.2, -0.15) is 18.4 Å². The van der Waals surface area contributed by atoms with E-state index in [9.17, 15) is 28.3 Å². The number of alkyl halides is 3. The number of halogens is 7. The normalized spacial score (nSPS) is 22.7. The second-order valence-electron chi connectivity index (χ2n) is 9.79. The molecule has 0 saturated carbocycles. The molecular weight excluding hydrogens is 582 g/mol. The summed E-state index contributed by atoms with van der Waals surface area (Å²) in [4.78, 5) is 21.3. The summed E-state index contributed by atoms with van der Waals surface area (Å²) in [5, 5.41) is 30.8. The topological polar surface area (TPSA) is 110 Å². The summed E-state index contributed by atoms with van der Waals surface area (Å²) in [7, 11) is 0. The van der Waals surface area contributed by atoms with E-state index < -0.39 is 53.2 Å². The van der Waals surface area contributed by atoms with Gasteiger partial charge in [0.1, 0.15) is 23.1 Å². The number of carboxylic acid groups (broad SMARTS) is 2. The second-order valence-corrected chi connectivity index (χ2v) is 10.6. The van der Waals surface area contributed by atoms with Crippen LogP contribution in [-0.2, 0) is 15.0 Å². The molecule has 0 aromatic heterocycles. The molecular formula is C27H27Cl2F5N2O4. The predicted molar refractivity (Wildman–Crippen MR) is 138 cm³/mol. The molecule has 3 N–H and O–H groups in total. The van der Waals surface area contributed by atoms with Crippen LogP contribution in [0.2, 0.25) is 10.0 Å². The Morgan fingerprint density at radius 1 is 1.10 bits per heavy atom. The number of carbonyl (C=O) groups is 2. The number of hydrogen-bond donors (Lipinski definition) is 3. The highest BCUT2D eigenvalue weighted by molar-refractivity contribution is 6.31. The largest absolute Gasteiger partial charge is 0.490 e. The van der Waals surface area contributed by atoms with Crippen molar-refractivity contribution in [2.45, 2.75) is 69.6 Å². The lowest BCUT2D eigenvalue weighted by Gasteiger charge is -2.39. The van der Waals surface area contributed by atoms with Gasteiger partial charge in [0.25, 0.3) is 0 Å². The van der Waals surface area contributed by atoms with E-state index in [1.165, 1.54) is 30.3 Å². The molecule has 0 radical (unpaired) electrons. The minimum atomic E-state index is -5.08. The maximum atomic E-state index is 15.4. The van der Waals surface area contributed by atoms with Gasteiger partial charge in [-0.15, -0.1) is 0 Å². The van der Waals surface area contributed by atoms with Crippen molar-refractivity contribution in [3.05, 3.63) is 69.2 Å². The van der Waals surface area contributed by atoms with Crippen LogP contribution < -0.4 is 5.32 Å². The van der Waals surface area contributed by atoms with Crippen molar-refractivity contribution in [3.63, 3.8) is 0 Å². The summed E-state index contributed by atoms with van der Waals surface area (Å²) >= 11 is 12.0. The second kappa shape index (κ2) is 12.7. The van der Waals surface area contributed by atoms with Gasteiger partial charge in [0.2, 0.25) is 0 Å². The molecule has 0 spiro atoms. The number of aliphatic carboxylic acids is 2. The van der Waals surface area contributed by atoms with Crippen LogP contribution in [0.5, 0.6) is 0 Å². The third-order valence-corrected chi connectivity index (χ3v) is 8.07. The summed E-state index contributed by atoms with van der Waals surface area (Å²) in [6.07, 6.45) is -3.17. The Morgan fingerprint density at radius 3 is 2.12 bits per heavy atom. The molecule has 1 aliphatic heterocycles. The van der Waals surface area contributed by atoms with E-state index in [-0.39, 0.29) is 26.6 Å². The quantitative estimate of drug-likeness (QED) is 0.289. The molecule has 1 aliphatic rings.